The van der Waals surface area contributed by atoms with Crippen molar-refractivity contribution < 1.29 is 9.59 Å². The van der Waals surface area contributed by atoms with Crippen molar-refractivity contribution in [3.05, 3.63) is 0 Å². The SMILES string of the molecule is CN(C)C(=O)N1C[C@H]2CC(=NCC(=O)N3CCCC3C#N)C[C@H]2C1. The fraction of sp³-hybridized carbons (Fsp3) is 0.765. The third-order valence-electron chi connectivity index (χ3n) is 5.39. The Morgan fingerprint density at radius 1 is 1.29 bits per heavy atom. The molecule has 3 fully saturated rings. The van der Waals surface area contributed by atoms with Gasteiger partial charge in [-0.2, -0.15) is 5.26 Å². The number of amides is 3. The van der Waals surface area contributed by atoms with Crippen molar-refractivity contribution in [1.82, 2.24) is 14.7 Å². The van der Waals surface area contributed by atoms with E-state index >= 15 is 0 Å². The van der Waals surface area contributed by atoms with Crippen molar-refractivity contribution in [2.75, 3.05) is 40.3 Å². The van der Waals surface area contributed by atoms with E-state index in [0.717, 1.165) is 44.5 Å². The monoisotopic (exact) mass is 331 g/mol. The van der Waals surface area contributed by atoms with Gasteiger partial charge in [0.05, 0.1) is 6.07 Å². The Kier molecular flexibility index (Phi) is 4.74. The van der Waals surface area contributed by atoms with Gasteiger partial charge in [0.25, 0.3) is 0 Å². The maximum absolute atomic E-state index is 12.2. The summed E-state index contributed by atoms with van der Waals surface area (Å²) in [4.78, 5) is 34.0. The Hall–Kier alpha value is -2.10. The molecule has 3 rings (SSSR count). The normalized spacial score (nSPS) is 30.5. The van der Waals surface area contributed by atoms with E-state index in [9.17, 15) is 9.59 Å². The molecule has 0 N–H and O–H groups in total. The van der Waals surface area contributed by atoms with Crippen molar-refractivity contribution >= 4 is 17.6 Å². The highest BCUT2D eigenvalue weighted by Gasteiger charge is 2.41. The van der Waals surface area contributed by atoms with Crippen LogP contribution in [0.1, 0.15) is 25.7 Å². The van der Waals surface area contributed by atoms with Crippen LogP contribution in [0.2, 0.25) is 0 Å². The van der Waals surface area contributed by atoms with Crippen LogP contribution in [-0.2, 0) is 4.79 Å². The van der Waals surface area contributed by atoms with Gasteiger partial charge in [-0.05, 0) is 37.5 Å². The van der Waals surface area contributed by atoms with Gasteiger partial charge in [-0.15, -0.1) is 0 Å². The summed E-state index contributed by atoms with van der Waals surface area (Å²) in [5.41, 5.74) is 1.10. The molecule has 0 aromatic rings. The zero-order valence-electron chi connectivity index (χ0n) is 14.4. The van der Waals surface area contributed by atoms with Gasteiger partial charge < -0.3 is 14.7 Å². The molecular weight excluding hydrogens is 306 g/mol. The fourth-order valence-electron chi connectivity index (χ4n) is 4.13. The Balaban J connectivity index is 1.51. The second-order valence-electron chi connectivity index (χ2n) is 7.27. The smallest absolute Gasteiger partial charge is 0.319 e. The molecule has 2 saturated heterocycles. The van der Waals surface area contributed by atoms with E-state index in [0.29, 0.717) is 18.4 Å². The lowest BCUT2D eigenvalue weighted by Gasteiger charge is -2.22. The molecular formula is C17H25N5O2. The number of aliphatic imine (C=N–C) groups is 1. The van der Waals surface area contributed by atoms with Gasteiger partial charge in [-0.25, -0.2) is 4.79 Å². The molecule has 0 aromatic carbocycles. The third-order valence-corrected chi connectivity index (χ3v) is 5.39. The van der Waals surface area contributed by atoms with E-state index in [-0.39, 0.29) is 24.5 Å². The summed E-state index contributed by atoms with van der Waals surface area (Å²) in [6.45, 7) is 2.41. The minimum absolute atomic E-state index is 0.0342. The number of rotatable bonds is 2. The summed E-state index contributed by atoms with van der Waals surface area (Å²) in [5.74, 6) is 0.913. The highest BCUT2D eigenvalue weighted by Crippen LogP contribution is 2.36. The molecule has 2 aliphatic heterocycles. The molecule has 130 valence electrons. The van der Waals surface area contributed by atoms with Crippen molar-refractivity contribution in [1.29, 1.82) is 5.26 Å². The average Bonchev–Trinajstić information content (AvgIpc) is 3.25. The van der Waals surface area contributed by atoms with Gasteiger partial charge >= 0.3 is 6.03 Å². The molecule has 3 amide bonds. The van der Waals surface area contributed by atoms with Crippen LogP contribution in [0.3, 0.4) is 0 Å². The number of hydrogen-bond donors (Lipinski definition) is 0. The van der Waals surface area contributed by atoms with Crippen molar-refractivity contribution in [3.8, 4) is 6.07 Å². The number of carbonyl (C=O) groups is 2. The van der Waals surface area contributed by atoms with Gasteiger partial charge in [-0.3, -0.25) is 9.79 Å². The molecule has 1 saturated carbocycles. The molecule has 1 aliphatic carbocycles. The number of urea groups is 1. The first-order chi connectivity index (χ1) is 11.5. The minimum atomic E-state index is -0.272. The van der Waals surface area contributed by atoms with Gasteiger partial charge in [0, 0.05) is 39.4 Å². The zero-order chi connectivity index (χ0) is 17.3. The first kappa shape index (κ1) is 16.7. The van der Waals surface area contributed by atoms with Crippen LogP contribution < -0.4 is 0 Å². The lowest BCUT2D eigenvalue weighted by Crippen LogP contribution is -2.38. The molecule has 2 heterocycles. The Morgan fingerprint density at radius 2 is 1.96 bits per heavy atom. The Bertz CT molecular complexity index is 578. The summed E-state index contributed by atoms with van der Waals surface area (Å²) in [6, 6.07) is 2.00. The van der Waals surface area contributed by atoms with E-state index in [1.807, 2.05) is 4.90 Å². The van der Waals surface area contributed by atoms with Crippen LogP contribution in [0.25, 0.3) is 0 Å². The summed E-state index contributed by atoms with van der Waals surface area (Å²) >= 11 is 0. The fourth-order valence-corrected chi connectivity index (χ4v) is 4.13. The maximum atomic E-state index is 12.2. The van der Waals surface area contributed by atoms with Crippen LogP contribution in [0.4, 0.5) is 4.79 Å². The van der Waals surface area contributed by atoms with Crippen molar-refractivity contribution in [2.24, 2.45) is 16.8 Å². The number of carbonyl (C=O) groups excluding carboxylic acids is 2. The first-order valence-corrected chi connectivity index (χ1v) is 8.67. The third kappa shape index (κ3) is 3.23. The van der Waals surface area contributed by atoms with E-state index < -0.39 is 0 Å². The highest BCUT2D eigenvalue weighted by molar-refractivity contribution is 5.90. The second kappa shape index (κ2) is 6.80. The van der Waals surface area contributed by atoms with E-state index in [1.54, 1.807) is 23.9 Å². The van der Waals surface area contributed by atoms with E-state index in [1.165, 1.54) is 0 Å². The topological polar surface area (TPSA) is 80.0 Å². The Morgan fingerprint density at radius 3 is 2.54 bits per heavy atom. The maximum Gasteiger partial charge on any atom is 0.319 e. The molecule has 0 radical (unpaired) electrons. The van der Waals surface area contributed by atoms with Gasteiger partial charge in [0.1, 0.15) is 12.6 Å². The quantitative estimate of drug-likeness (QED) is 0.756. The number of likely N-dealkylation sites (tertiary alicyclic amines) is 2. The molecule has 7 nitrogen and oxygen atoms in total. The van der Waals surface area contributed by atoms with Gasteiger partial charge in [-0.1, -0.05) is 0 Å². The van der Waals surface area contributed by atoms with E-state index in [4.69, 9.17) is 5.26 Å². The molecule has 7 heteroatoms. The lowest BCUT2D eigenvalue weighted by atomic mass is 10.0. The zero-order valence-corrected chi connectivity index (χ0v) is 14.4. The number of nitriles is 1. The van der Waals surface area contributed by atoms with Crippen LogP contribution in [-0.4, -0.2) is 78.7 Å². The molecule has 3 aliphatic rings. The standard InChI is InChI=1S/C17H25N5O2/c1-20(2)17(24)21-10-12-6-14(7-13(12)11-21)19-9-16(23)22-5-3-4-15(22)8-18/h12-13,15H,3-7,9-11H2,1-2H3/t12-,13+,15?. The Labute approximate surface area is 142 Å². The molecule has 1 unspecified atom stereocenters. The first-order valence-electron chi connectivity index (χ1n) is 8.67. The van der Waals surface area contributed by atoms with E-state index in [2.05, 4.69) is 11.1 Å². The van der Waals surface area contributed by atoms with Gasteiger partial charge in [0.2, 0.25) is 5.91 Å². The van der Waals surface area contributed by atoms with Crippen LogP contribution in [0.15, 0.2) is 4.99 Å². The number of nitrogens with zero attached hydrogens (tertiary/aromatic N) is 5. The summed E-state index contributed by atoms with van der Waals surface area (Å²) in [5, 5.41) is 9.07. The predicted molar refractivity (Wildman–Crippen MR) is 89.5 cm³/mol. The lowest BCUT2D eigenvalue weighted by molar-refractivity contribution is -0.129. The molecule has 0 aromatic heterocycles. The predicted octanol–water partition coefficient (Wildman–Crippen LogP) is 0.965. The van der Waals surface area contributed by atoms with Crippen LogP contribution in [0, 0.1) is 23.2 Å². The minimum Gasteiger partial charge on any atom is -0.331 e. The number of fused-ring (bicyclic) bond motifs is 1. The molecule has 3 atom stereocenters. The molecule has 0 bridgehead atoms. The van der Waals surface area contributed by atoms with Crippen LogP contribution >= 0.6 is 0 Å². The van der Waals surface area contributed by atoms with Crippen molar-refractivity contribution in [3.63, 3.8) is 0 Å². The summed E-state index contributed by atoms with van der Waals surface area (Å²) < 4.78 is 0. The number of hydrogen-bond acceptors (Lipinski definition) is 4. The van der Waals surface area contributed by atoms with Crippen LogP contribution in [0.5, 0.6) is 0 Å². The van der Waals surface area contributed by atoms with Gasteiger partial charge in [0.15, 0.2) is 0 Å². The largest absolute Gasteiger partial charge is 0.331 e. The average molecular weight is 331 g/mol. The summed E-state index contributed by atoms with van der Waals surface area (Å²) in [7, 11) is 3.56. The summed E-state index contributed by atoms with van der Waals surface area (Å²) in [6.07, 6.45) is 3.45. The highest BCUT2D eigenvalue weighted by atomic mass is 16.2. The molecule has 24 heavy (non-hydrogen) atoms. The second-order valence-corrected chi connectivity index (χ2v) is 7.27. The van der Waals surface area contributed by atoms with Crippen molar-refractivity contribution in [2.45, 2.75) is 31.7 Å². The molecule has 0 spiro atoms.